The molecule has 0 bridgehead atoms. The van der Waals surface area contributed by atoms with Crippen molar-refractivity contribution in [1.29, 1.82) is 0 Å². The molecular formula is C27H26O7. The number of benzene rings is 3. The van der Waals surface area contributed by atoms with E-state index in [9.17, 15) is 15.0 Å². The van der Waals surface area contributed by atoms with Crippen LogP contribution in [0.2, 0.25) is 0 Å². The van der Waals surface area contributed by atoms with Gasteiger partial charge < -0.3 is 29.2 Å². The summed E-state index contributed by atoms with van der Waals surface area (Å²) in [7, 11) is 3.09. The van der Waals surface area contributed by atoms with Gasteiger partial charge in [0.1, 0.15) is 30.0 Å². The Morgan fingerprint density at radius 3 is 2.50 bits per heavy atom. The molecule has 176 valence electrons. The SMILES string of the molecule is COc1cc([C@H]2Oc3cc4c(cc3[C@@H]2COC(C)=O)-c2c(cc(O)cc2OC)CC4)ccc1O. The van der Waals surface area contributed by atoms with Gasteiger partial charge in [0.2, 0.25) is 0 Å². The van der Waals surface area contributed by atoms with E-state index in [1.165, 1.54) is 14.0 Å². The minimum Gasteiger partial charge on any atom is -0.508 e. The molecular weight excluding hydrogens is 436 g/mol. The first-order valence-corrected chi connectivity index (χ1v) is 11.1. The van der Waals surface area contributed by atoms with Crippen molar-refractivity contribution in [3.63, 3.8) is 0 Å². The Kier molecular flexibility index (Phi) is 5.48. The maximum atomic E-state index is 11.7. The third-order valence-corrected chi connectivity index (χ3v) is 6.57. The molecule has 7 nitrogen and oxygen atoms in total. The van der Waals surface area contributed by atoms with Crippen LogP contribution in [0.1, 0.15) is 41.2 Å². The second-order valence-electron chi connectivity index (χ2n) is 8.61. The summed E-state index contributed by atoms with van der Waals surface area (Å²) < 4.78 is 22.7. The molecule has 3 aromatic carbocycles. The summed E-state index contributed by atoms with van der Waals surface area (Å²) in [6.07, 6.45) is 1.16. The number of ether oxygens (including phenoxy) is 4. The van der Waals surface area contributed by atoms with Gasteiger partial charge in [0.15, 0.2) is 11.5 Å². The van der Waals surface area contributed by atoms with Gasteiger partial charge in [0.05, 0.1) is 20.1 Å². The molecule has 0 amide bonds. The van der Waals surface area contributed by atoms with E-state index in [1.54, 1.807) is 37.4 Å². The number of esters is 1. The fourth-order valence-electron chi connectivity index (χ4n) is 5.00. The van der Waals surface area contributed by atoms with E-state index in [2.05, 4.69) is 12.1 Å². The van der Waals surface area contributed by atoms with Crippen LogP contribution in [0.15, 0.2) is 42.5 Å². The largest absolute Gasteiger partial charge is 0.508 e. The summed E-state index contributed by atoms with van der Waals surface area (Å²) in [5.74, 6) is 1.31. The van der Waals surface area contributed by atoms with Gasteiger partial charge in [0.25, 0.3) is 0 Å². The molecule has 0 radical (unpaired) electrons. The molecule has 0 unspecified atom stereocenters. The van der Waals surface area contributed by atoms with Crippen LogP contribution in [0.4, 0.5) is 0 Å². The number of hydrogen-bond donors (Lipinski definition) is 2. The summed E-state index contributed by atoms with van der Waals surface area (Å²) in [6.45, 7) is 1.53. The van der Waals surface area contributed by atoms with Crippen LogP contribution in [0.25, 0.3) is 11.1 Å². The zero-order chi connectivity index (χ0) is 24.0. The molecule has 1 aliphatic carbocycles. The van der Waals surface area contributed by atoms with Gasteiger partial charge >= 0.3 is 5.97 Å². The molecule has 5 rings (SSSR count). The lowest BCUT2D eigenvalue weighted by molar-refractivity contribution is -0.141. The molecule has 34 heavy (non-hydrogen) atoms. The van der Waals surface area contributed by atoms with Crippen molar-refractivity contribution in [2.24, 2.45) is 0 Å². The number of fused-ring (bicyclic) bond motifs is 4. The Hall–Kier alpha value is -3.87. The molecule has 3 aromatic rings. The maximum Gasteiger partial charge on any atom is 0.302 e. The normalized spacial score (nSPS) is 17.7. The van der Waals surface area contributed by atoms with Gasteiger partial charge in [-0.2, -0.15) is 0 Å². The number of carbonyl (C=O) groups excluding carboxylic acids is 1. The monoisotopic (exact) mass is 462 g/mol. The van der Waals surface area contributed by atoms with Crippen molar-refractivity contribution in [3.05, 3.63) is 64.7 Å². The first-order chi connectivity index (χ1) is 16.4. The highest BCUT2D eigenvalue weighted by atomic mass is 16.5. The van der Waals surface area contributed by atoms with Gasteiger partial charge in [-0.15, -0.1) is 0 Å². The van der Waals surface area contributed by atoms with Crippen LogP contribution < -0.4 is 14.2 Å². The zero-order valence-corrected chi connectivity index (χ0v) is 19.3. The number of aryl methyl sites for hydroxylation is 2. The fraction of sp³-hybridized carbons (Fsp3) is 0.296. The summed E-state index contributed by atoms with van der Waals surface area (Å²) in [4.78, 5) is 11.7. The molecule has 1 heterocycles. The summed E-state index contributed by atoms with van der Waals surface area (Å²) in [5.41, 5.74) is 5.89. The van der Waals surface area contributed by atoms with Gasteiger partial charge in [-0.05, 0) is 65.4 Å². The van der Waals surface area contributed by atoms with Crippen molar-refractivity contribution < 1.29 is 34.0 Å². The fourth-order valence-corrected chi connectivity index (χ4v) is 5.00. The molecule has 0 fully saturated rings. The topological polar surface area (TPSA) is 94.5 Å². The highest BCUT2D eigenvalue weighted by Gasteiger charge is 2.38. The van der Waals surface area contributed by atoms with E-state index in [-0.39, 0.29) is 30.0 Å². The van der Waals surface area contributed by atoms with Crippen molar-refractivity contribution in [3.8, 4) is 39.9 Å². The Bertz CT molecular complexity index is 1260. The van der Waals surface area contributed by atoms with Crippen molar-refractivity contribution >= 4 is 5.97 Å². The van der Waals surface area contributed by atoms with E-state index in [0.717, 1.165) is 52.0 Å². The van der Waals surface area contributed by atoms with Crippen LogP contribution in [-0.2, 0) is 22.4 Å². The molecule has 0 aromatic heterocycles. The molecule has 2 aliphatic rings. The van der Waals surface area contributed by atoms with Gasteiger partial charge in [-0.3, -0.25) is 4.79 Å². The number of methoxy groups -OCH3 is 2. The minimum absolute atomic E-state index is 0.0423. The van der Waals surface area contributed by atoms with E-state index in [4.69, 9.17) is 18.9 Å². The quantitative estimate of drug-likeness (QED) is 0.533. The predicted molar refractivity (Wildman–Crippen MR) is 125 cm³/mol. The van der Waals surface area contributed by atoms with Gasteiger partial charge in [-0.25, -0.2) is 0 Å². The third kappa shape index (κ3) is 3.67. The number of phenols is 2. The van der Waals surface area contributed by atoms with Crippen molar-refractivity contribution in [2.75, 3.05) is 20.8 Å². The standard InChI is InChI=1S/C27H26O7/c1-14(28)33-13-21-20-12-19-15(4-5-16-8-18(29)11-25(32-3)26(16)19)9-23(20)34-27(21)17-6-7-22(30)24(10-17)31-2/h6-12,21,27,29-30H,4-5,13H2,1-3H3/t21-,27+/m0/s1. The van der Waals surface area contributed by atoms with E-state index < -0.39 is 6.10 Å². The molecule has 1 aliphatic heterocycles. The molecule has 0 spiro atoms. The van der Waals surface area contributed by atoms with Gasteiger partial charge in [-0.1, -0.05) is 6.07 Å². The summed E-state index contributed by atoms with van der Waals surface area (Å²) in [6, 6.07) is 12.7. The number of phenolic OH excluding ortho intramolecular Hbond substituents is 2. The first-order valence-electron chi connectivity index (χ1n) is 11.1. The van der Waals surface area contributed by atoms with Crippen LogP contribution in [0, 0.1) is 0 Å². The van der Waals surface area contributed by atoms with Crippen LogP contribution >= 0.6 is 0 Å². The maximum absolute atomic E-state index is 11.7. The molecule has 2 atom stereocenters. The smallest absolute Gasteiger partial charge is 0.302 e. The van der Waals surface area contributed by atoms with E-state index in [1.807, 2.05) is 0 Å². The van der Waals surface area contributed by atoms with Crippen LogP contribution in [0.5, 0.6) is 28.7 Å². The average molecular weight is 462 g/mol. The third-order valence-electron chi connectivity index (χ3n) is 6.57. The molecule has 0 saturated heterocycles. The van der Waals surface area contributed by atoms with E-state index in [0.29, 0.717) is 11.5 Å². The second kappa shape index (κ2) is 8.48. The Morgan fingerprint density at radius 1 is 1.00 bits per heavy atom. The van der Waals surface area contributed by atoms with Crippen LogP contribution in [0.3, 0.4) is 0 Å². The minimum atomic E-state index is -0.422. The number of carbonyl (C=O) groups is 1. The Balaban J connectivity index is 1.62. The number of hydrogen-bond acceptors (Lipinski definition) is 7. The number of rotatable bonds is 5. The predicted octanol–water partition coefficient (Wildman–Crippen LogP) is 4.66. The van der Waals surface area contributed by atoms with Crippen LogP contribution in [-0.4, -0.2) is 37.0 Å². The second-order valence-corrected chi connectivity index (χ2v) is 8.61. The number of aromatic hydroxyl groups is 2. The molecule has 2 N–H and O–H groups in total. The summed E-state index contributed by atoms with van der Waals surface area (Å²) >= 11 is 0. The van der Waals surface area contributed by atoms with Crippen molar-refractivity contribution in [2.45, 2.75) is 31.8 Å². The van der Waals surface area contributed by atoms with Crippen molar-refractivity contribution in [1.82, 2.24) is 0 Å². The molecule has 0 saturated carbocycles. The average Bonchev–Trinajstić information content (AvgIpc) is 3.18. The Morgan fingerprint density at radius 2 is 1.76 bits per heavy atom. The first kappa shape index (κ1) is 21.9. The lowest BCUT2D eigenvalue weighted by atomic mass is 9.82. The van der Waals surface area contributed by atoms with E-state index >= 15 is 0 Å². The highest BCUT2D eigenvalue weighted by Crippen LogP contribution is 2.52. The summed E-state index contributed by atoms with van der Waals surface area (Å²) in [5, 5.41) is 20.1. The lowest BCUT2D eigenvalue weighted by Crippen LogP contribution is -2.17. The zero-order valence-electron chi connectivity index (χ0n) is 19.3. The lowest BCUT2D eigenvalue weighted by Gasteiger charge is -2.24. The van der Waals surface area contributed by atoms with Gasteiger partial charge in [0, 0.05) is 24.1 Å². The highest BCUT2D eigenvalue weighted by molar-refractivity contribution is 5.81. The Labute approximate surface area is 197 Å². The molecule has 7 heteroatoms.